The van der Waals surface area contributed by atoms with Gasteiger partial charge in [-0.05, 0) is 44.2 Å². The molecule has 0 spiro atoms. The van der Waals surface area contributed by atoms with E-state index in [1.165, 1.54) is 6.07 Å². The van der Waals surface area contributed by atoms with Gasteiger partial charge in [0.1, 0.15) is 28.4 Å². The molecule has 0 fully saturated rings. The van der Waals surface area contributed by atoms with Crippen molar-refractivity contribution in [2.45, 2.75) is 51.6 Å². The zero-order valence-corrected chi connectivity index (χ0v) is 14.7. The number of benzene rings is 1. The molecule has 0 bridgehead atoms. The molecular formula is C19H23NO6. The number of aromatic hydroxyl groups is 2. The van der Waals surface area contributed by atoms with Crippen molar-refractivity contribution in [3.8, 4) is 11.5 Å². The van der Waals surface area contributed by atoms with Crippen molar-refractivity contribution in [1.82, 2.24) is 0 Å². The predicted octanol–water partition coefficient (Wildman–Crippen LogP) is 2.68. The molecule has 1 aliphatic heterocycles. The van der Waals surface area contributed by atoms with Gasteiger partial charge in [0, 0.05) is 12.8 Å². The molecule has 1 aliphatic rings. The van der Waals surface area contributed by atoms with Crippen molar-refractivity contribution >= 4 is 23.7 Å². The molecule has 140 valence electrons. The van der Waals surface area contributed by atoms with Gasteiger partial charge in [0.2, 0.25) is 0 Å². The van der Waals surface area contributed by atoms with Crippen molar-refractivity contribution in [3.05, 3.63) is 28.8 Å². The van der Waals surface area contributed by atoms with Crippen LogP contribution in [0, 0.1) is 0 Å². The molecule has 7 nitrogen and oxygen atoms in total. The number of rotatable bonds is 1. The zero-order valence-electron chi connectivity index (χ0n) is 14.7. The number of nitrogens with two attached hydrogens (primary N) is 1. The molecule has 0 saturated heterocycles. The molecule has 2 rings (SSSR count). The van der Waals surface area contributed by atoms with Gasteiger partial charge in [0.15, 0.2) is 0 Å². The Hall–Kier alpha value is -2.83. The molecule has 4 N–H and O–H groups in total. The molecule has 0 saturated carbocycles. The van der Waals surface area contributed by atoms with E-state index >= 15 is 0 Å². The van der Waals surface area contributed by atoms with Crippen molar-refractivity contribution in [2.24, 2.45) is 5.73 Å². The van der Waals surface area contributed by atoms with E-state index in [-0.39, 0.29) is 16.9 Å². The van der Waals surface area contributed by atoms with Crippen LogP contribution >= 0.6 is 0 Å². The summed E-state index contributed by atoms with van der Waals surface area (Å²) >= 11 is 0. The highest BCUT2D eigenvalue weighted by Crippen LogP contribution is 2.35. The standard InChI is InChI=1S/C19H23NO6/c1-11-6-5-9-13(21)8-4-2-3-7-12-10-14(22)16(18(20)24)17(23)15(12)19(25)26-11/h3,7,10-11,22-23H,2,4-6,8-9H2,1H3,(H2,20,24)/b7-3+. The van der Waals surface area contributed by atoms with Crippen LogP contribution in [-0.2, 0) is 9.53 Å². The lowest BCUT2D eigenvalue weighted by molar-refractivity contribution is -0.119. The first-order chi connectivity index (χ1) is 12.3. The Morgan fingerprint density at radius 2 is 1.92 bits per heavy atom. The van der Waals surface area contributed by atoms with Gasteiger partial charge < -0.3 is 20.7 Å². The Bertz CT molecular complexity index is 753. The minimum atomic E-state index is -1.05. The Labute approximate surface area is 151 Å². The summed E-state index contributed by atoms with van der Waals surface area (Å²) < 4.78 is 5.33. The van der Waals surface area contributed by atoms with E-state index in [0.717, 1.165) is 0 Å². The molecule has 0 aromatic heterocycles. The number of carbonyl (C=O) groups excluding carboxylic acids is 3. The van der Waals surface area contributed by atoms with Crippen molar-refractivity contribution < 1.29 is 29.3 Å². The largest absolute Gasteiger partial charge is 0.507 e. The van der Waals surface area contributed by atoms with Crippen LogP contribution in [0.5, 0.6) is 11.5 Å². The smallest absolute Gasteiger partial charge is 0.342 e. The average Bonchev–Trinajstić information content (AvgIpc) is 2.52. The normalized spacial score (nSPS) is 20.6. The summed E-state index contributed by atoms with van der Waals surface area (Å²) in [4.78, 5) is 35.8. The fraction of sp³-hybridized carbons (Fsp3) is 0.421. The number of phenols is 2. The minimum absolute atomic E-state index is 0.177. The summed E-state index contributed by atoms with van der Waals surface area (Å²) in [6.07, 6.45) is 6.08. The lowest BCUT2D eigenvalue weighted by Crippen LogP contribution is -2.19. The number of ether oxygens (including phenoxy) is 1. The van der Waals surface area contributed by atoms with E-state index in [1.807, 2.05) is 0 Å². The monoisotopic (exact) mass is 361 g/mol. The first kappa shape index (κ1) is 19.5. The Balaban J connectivity index is 2.48. The topological polar surface area (TPSA) is 127 Å². The molecule has 1 amide bonds. The summed E-state index contributed by atoms with van der Waals surface area (Å²) in [7, 11) is 0. The van der Waals surface area contributed by atoms with Crippen LogP contribution in [0.2, 0.25) is 0 Å². The Morgan fingerprint density at radius 3 is 2.62 bits per heavy atom. The number of amides is 1. The van der Waals surface area contributed by atoms with Crippen LogP contribution in [-0.4, -0.2) is 34.0 Å². The molecule has 7 heteroatoms. The van der Waals surface area contributed by atoms with Crippen molar-refractivity contribution in [2.75, 3.05) is 0 Å². The third-order valence-electron chi connectivity index (χ3n) is 4.26. The van der Waals surface area contributed by atoms with Crippen LogP contribution in [0.3, 0.4) is 0 Å². The second-order valence-electron chi connectivity index (χ2n) is 6.39. The third kappa shape index (κ3) is 4.62. The maximum absolute atomic E-state index is 12.5. The molecule has 1 unspecified atom stereocenters. The summed E-state index contributed by atoms with van der Waals surface area (Å²) in [5.41, 5.74) is 4.66. The Morgan fingerprint density at radius 1 is 1.23 bits per heavy atom. The van der Waals surface area contributed by atoms with E-state index < -0.39 is 35.0 Å². The van der Waals surface area contributed by atoms with Gasteiger partial charge in [-0.1, -0.05) is 12.2 Å². The van der Waals surface area contributed by atoms with Gasteiger partial charge in [-0.2, -0.15) is 0 Å². The van der Waals surface area contributed by atoms with E-state index in [9.17, 15) is 24.6 Å². The highest BCUT2D eigenvalue weighted by atomic mass is 16.5. The first-order valence-electron chi connectivity index (χ1n) is 8.59. The van der Waals surface area contributed by atoms with Crippen molar-refractivity contribution in [1.29, 1.82) is 0 Å². The van der Waals surface area contributed by atoms with Crippen LogP contribution in [0.25, 0.3) is 6.08 Å². The van der Waals surface area contributed by atoms with Gasteiger partial charge in [-0.25, -0.2) is 4.79 Å². The van der Waals surface area contributed by atoms with Crippen LogP contribution in [0.15, 0.2) is 12.1 Å². The maximum Gasteiger partial charge on any atom is 0.342 e. The molecule has 1 aromatic carbocycles. The van der Waals surface area contributed by atoms with Crippen LogP contribution < -0.4 is 5.73 Å². The number of fused-ring (bicyclic) bond motifs is 1. The van der Waals surface area contributed by atoms with Crippen molar-refractivity contribution in [3.63, 3.8) is 0 Å². The number of cyclic esters (lactones) is 1. The fourth-order valence-corrected chi connectivity index (χ4v) is 2.90. The molecule has 0 radical (unpaired) electrons. The number of ketones is 1. The summed E-state index contributed by atoms with van der Waals surface area (Å²) in [6, 6.07) is 1.19. The lowest BCUT2D eigenvalue weighted by atomic mass is 9.99. The van der Waals surface area contributed by atoms with E-state index in [1.54, 1.807) is 19.1 Å². The maximum atomic E-state index is 12.5. The molecule has 1 atom stereocenters. The molecule has 1 heterocycles. The zero-order chi connectivity index (χ0) is 19.3. The van der Waals surface area contributed by atoms with Gasteiger partial charge in [-0.3, -0.25) is 9.59 Å². The summed E-state index contributed by atoms with van der Waals surface area (Å²) in [6.45, 7) is 1.69. The SMILES string of the molecule is CC1CCCC(=O)CCC/C=C/c2cc(O)c(C(N)=O)c(O)c2C(=O)O1. The highest BCUT2D eigenvalue weighted by Gasteiger charge is 2.26. The van der Waals surface area contributed by atoms with E-state index in [0.29, 0.717) is 38.5 Å². The number of allylic oxidation sites excluding steroid dienone is 1. The Kier molecular flexibility index (Phi) is 6.38. The predicted molar refractivity (Wildman–Crippen MR) is 94.9 cm³/mol. The third-order valence-corrected chi connectivity index (χ3v) is 4.26. The van der Waals surface area contributed by atoms with E-state index in [2.05, 4.69) is 0 Å². The number of hydrogen-bond acceptors (Lipinski definition) is 6. The van der Waals surface area contributed by atoms with Crippen LogP contribution in [0.4, 0.5) is 0 Å². The number of esters is 1. The highest BCUT2D eigenvalue weighted by molar-refractivity contribution is 6.05. The van der Waals surface area contributed by atoms with Gasteiger partial charge in [-0.15, -0.1) is 0 Å². The molecular weight excluding hydrogens is 338 g/mol. The second kappa shape index (κ2) is 8.51. The van der Waals surface area contributed by atoms with E-state index in [4.69, 9.17) is 10.5 Å². The number of primary amides is 1. The number of carbonyl (C=O) groups is 3. The molecule has 1 aromatic rings. The first-order valence-corrected chi connectivity index (χ1v) is 8.59. The van der Waals surface area contributed by atoms with Gasteiger partial charge in [0.25, 0.3) is 5.91 Å². The quantitative estimate of drug-likeness (QED) is 0.660. The second-order valence-corrected chi connectivity index (χ2v) is 6.39. The fourth-order valence-electron chi connectivity index (χ4n) is 2.90. The molecule has 0 aliphatic carbocycles. The number of hydrogen-bond donors (Lipinski definition) is 3. The lowest BCUT2D eigenvalue weighted by Gasteiger charge is -2.17. The summed E-state index contributed by atoms with van der Waals surface area (Å²) in [5, 5.41) is 20.3. The molecule has 26 heavy (non-hydrogen) atoms. The minimum Gasteiger partial charge on any atom is -0.507 e. The van der Waals surface area contributed by atoms with Gasteiger partial charge in [0.05, 0.1) is 6.10 Å². The average molecular weight is 361 g/mol. The number of Topliss-reactive ketones (excluding diaryl/α,β-unsaturated/α-hetero) is 1. The summed E-state index contributed by atoms with van der Waals surface area (Å²) in [5.74, 6) is -2.91. The van der Waals surface area contributed by atoms with Crippen LogP contribution in [0.1, 0.15) is 71.7 Å². The van der Waals surface area contributed by atoms with Gasteiger partial charge >= 0.3 is 5.97 Å².